The molecule has 0 spiro atoms. The average Bonchev–Trinajstić information content (AvgIpc) is 3.23. The molecule has 0 radical (unpaired) electrons. The number of benzene rings is 2. The summed E-state index contributed by atoms with van der Waals surface area (Å²) in [6, 6.07) is 14.9. The van der Waals surface area contributed by atoms with E-state index in [1.807, 2.05) is 51.1 Å². The van der Waals surface area contributed by atoms with Crippen LogP contribution in [0.4, 0.5) is 4.39 Å². The first-order valence-electron chi connectivity index (χ1n) is 12.1. The zero-order chi connectivity index (χ0) is 27.1. The molecule has 3 atom stereocenters. The second kappa shape index (κ2) is 14.4. The van der Waals surface area contributed by atoms with Gasteiger partial charge in [-0.1, -0.05) is 50.3 Å². The van der Waals surface area contributed by atoms with Crippen LogP contribution in [-0.4, -0.2) is 49.2 Å². The van der Waals surface area contributed by atoms with Crippen LogP contribution in [0.2, 0.25) is 0 Å². The zero-order valence-electron chi connectivity index (χ0n) is 23.0. The fourth-order valence-electron chi connectivity index (χ4n) is 4.05. The largest absolute Gasteiger partial charge is 1.00 e. The first-order valence-corrected chi connectivity index (χ1v) is 12.1. The molecule has 10 heteroatoms. The Balaban J connectivity index is 0.00000380. The summed E-state index contributed by atoms with van der Waals surface area (Å²) in [6.45, 7) is 5.69. The van der Waals surface area contributed by atoms with Crippen molar-refractivity contribution in [1.82, 2.24) is 15.1 Å². The van der Waals surface area contributed by atoms with Crippen molar-refractivity contribution in [3.8, 4) is 5.69 Å². The molecule has 0 unspecified atom stereocenters. The normalized spacial score (nSPS) is 13.7. The molecule has 2 aromatic carbocycles. The molecule has 0 bridgehead atoms. The van der Waals surface area contributed by atoms with Gasteiger partial charge in [-0.05, 0) is 48.7 Å². The minimum Gasteiger partial charge on any atom is -1.00 e. The number of carbonyl (C=O) groups excluding carboxylic acids is 1. The molecule has 198 valence electrons. The number of nitrogens with zero attached hydrogens (tertiary/aromatic N) is 2. The average molecular weight is 534 g/mol. The van der Waals surface area contributed by atoms with Crippen molar-refractivity contribution in [3.63, 3.8) is 0 Å². The number of aliphatic carboxylic acids is 1. The summed E-state index contributed by atoms with van der Waals surface area (Å²) in [6.07, 6.45) is -0.0129. The maximum Gasteiger partial charge on any atom is 1.00 e. The summed E-state index contributed by atoms with van der Waals surface area (Å²) in [5.74, 6) is -2.11. The van der Waals surface area contributed by atoms with Gasteiger partial charge in [-0.15, -0.1) is 0 Å². The van der Waals surface area contributed by atoms with Gasteiger partial charge in [0.15, 0.2) is 5.69 Å². The molecule has 1 amide bonds. The SMILES string of the molecule is CC(C)c1c(C(=O)N[C@H](C)c2ccccc2)nn(-c2ccc(F)cc2)c1/C=C/[C@H](O)C[C@@H](O)CC(=O)O.[H-].[Na+]. The van der Waals surface area contributed by atoms with Crippen LogP contribution in [0, 0.1) is 5.82 Å². The molecule has 0 saturated heterocycles. The first-order chi connectivity index (χ1) is 17.6. The summed E-state index contributed by atoms with van der Waals surface area (Å²) < 4.78 is 15.1. The standard InChI is InChI=1S/C28H32FN3O5.Na.H/c1-17(2)26-24(14-13-22(33)15-23(34)16-25(35)36)32(21-11-9-20(29)10-12-21)31-27(26)28(37)30-18(3)19-7-5-4-6-8-19;;/h4-14,17-18,22-23,33-34H,15-16H2,1-3H3,(H,30,37)(H,35,36);;/q;+1;-1/b14-13+;;/t18-,22+,23-;;/m1../s1. The summed E-state index contributed by atoms with van der Waals surface area (Å²) in [5, 5.41) is 36.6. The second-order valence-corrected chi connectivity index (χ2v) is 9.21. The first kappa shape index (κ1) is 31.4. The Morgan fingerprint density at radius 3 is 2.29 bits per heavy atom. The van der Waals surface area contributed by atoms with Crippen LogP contribution >= 0.6 is 0 Å². The molecular weight excluding hydrogens is 500 g/mol. The number of amides is 1. The van der Waals surface area contributed by atoms with E-state index in [4.69, 9.17) is 5.11 Å². The third-order valence-corrected chi connectivity index (χ3v) is 5.87. The van der Waals surface area contributed by atoms with Gasteiger partial charge in [-0.25, -0.2) is 9.07 Å². The molecule has 38 heavy (non-hydrogen) atoms. The Morgan fingerprint density at radius 1 is 1.08 bits per heavy atom. The van der Waals surface area contributed by atoms with Crippen LogP contribution in [0.1, 0.15) is 74.3 Å². The van der Waals surface area contributed by atoms with Crippen LogP contribution < -0.4 is 34.9 Å². The van der Waals surface area contributed by atoms with Crippen molar-refractivity contribution in [1.29, 1.82) is 0 Å². The van der Waals surface area contributed by atoms with Crippen LogP contribution in [0.5, 0.6) is 0 Å². The molecule has 3 aromatic rings. The summed E-state index contributed by atoms with van der Waals surface area (Å²) in [5.41, 5.74) is 2.77. The van der Waals surface area contributed by atoms with Gasteiger partial charge in [0.05, 0.1) is 36.1 Å². The fraction of sp³-hybridized carbons (Fsp3) is 0.321. The third-order valence-electron chi connectivity index (χ3n) is 5.87. The number of aromatic nitrogens is 2. The van der Waals surface area contributed by atoms with Crippen LogP contribution in [0.15, 0.2) is 60.7 Å². The maximum absolute atomic E-state index is 13.6. The van der Waals surface area contributed by atoms with Crippen molar-refractivity contribution in [2.75, 3.05) is 0 Å². The molecule has 0 aliphatic carbocycles. The van der Waals surface area contributed by atoms with Gasteiger partial charge in [0.2, 0.25) is 0 Å². The van der Waals surface area contributed by atoms with E-state index in [9.17, 15) is 24.2 Å². The molecule has 0 aliphatic heterocycles. The fourth-order valence-corrected chi connectivity index (χ4v) is 4.05. The molecule has 1 aromatic heterocycles. The van der Waals surface area contributed by atoms with Crippen molar-refractivity contribution >= 4 is 18.0 Å². The van der Waals surface area contributed by atoms with Gasteiger partial charge >= 0.3 is 35.5 Å². The van der Waals surface area contributed by atoms with Crippen molar-refractivity contribution in [2.24, 2.45) is 0 Å². The minimum atomic E-state index is -1.22. The topological polar surface area (TPSA) is 125 Å². The number of nitrogens with one attached hydrogen (secondary N) is 1. The molecular formula is C28H33FN3NaO5. The van der Waals surface area contributed by atoms with E-state index in [1.54, 1.807) is 6.08 Å². The summed E-state index contributed by atoms with van der Waals surface area (Å²) in [4.78, 5) is 24.2. The molecule has 0 saturated carbocycles. The van der Waals surface area contributed by atoms with Gasteiger partial charge in [-0.2, -0.15) is 5.10 Å². The van der Waals surface area contributed by atoms with Crippen molar-refractivity contribution in [2.45, 2.75) is 57.8 Å². The molecule has 0 aliphatic rings. The molecule has 1 heterocycles. The molecule has 0 fully saturated rings. The predicted octanol–water partition coefficient (Wildman–Crippen LogP) is 1.34. The Bertz CT molecular complexity index is 1250. The monoisotopic (exact) mass is 533 g/mol. The Morgan fingerprint density at radius 2 is 1.71 bits per heavy atom. The van der Waals surface area contributed by atoms with Gasteiger partial charge in [-0.3, -0.25) is 9.59 Å². The Hall–Kier alpha value is -2.82. The smallest absolute Gasteiger partial charge is 1.00 e. The summed E-state index contributed by atoms with van der Waals surface area (Å²) in [7, 11) is 0. The van der Waals surface area contributed by atoms with Crippen molar-refractivity contribution < 1.29 is 60.3 Å². The number of hydrogen-bond acceptors (Lipinski definition) is 5. The number of hydrogen-bond donors (Lipinski definition) is 4. The van der Waals surface area contributed by atoms with E-state index in [0.717, 1.165) is 5.56 Å². The number of rotatable bonds is 11. The number of aliphatic hydroxyl groups excluding tert-OH is 2. The number of aliphatic hydroxyl groups is 2. The Kier molecular flexibility index (Phi) is 11.9. The van der Waals surface area contributed by atoms with E-state index in [0.29, 0.717) is 16.9 Å². The van der Waals surface area contributed by atoms with Crippen LogP contribution in [0.3, 0.4) is 0 Å². The van der Waals surface area contributed by atoms with Gasteiger partial charge in [0, 0.05) is 12.0 Å². The number of halogens is 1. The summed E-state index contributed by atoms with van der Waals surface area (Å²) >= 11 is 0. The van der Waals surface area contributed by atoms with E-state index in [-0.39, 0.29) is 61.0 Å². The second-order valence-electron chi connectivity index (χ2n) is 9.21. The van der Waals surface area contributed by atoms with Crippen molar-refractivity contribution in [3.05, 3.63) is 89.0 Å². The van der Waals surface area contributed by atoms with Gasteiger partial charge in [0.25, 0.3) is 5.91 Å². The Labute approximate surface area is 245 Å². The van der Waals surface area contributed by atoms with E-state index in [1.165, 1.54) is 35.0 Å². The molecule has 3 rings (SSSR count). The van der Waals surface area contributed by atoms with Crippen LogP contribution in [0.25, 0.3) is 11.8 Å². The van der Waals surface area contributed by atoms with Crippen LogP contribution in [-0.2, 0) is 4.79 Å². The number of carboxylic acids is 1. The van der Waals surface area contributed by atoms with E-state index in [2.05, 4.69) is 10.4 Å². The van der Waals surface area contributed by atoms with Gasteiger partial charge < -0.3 is 22.1 Å². The number of carbonyl (C=O) groups is 2. The van der Waals surface area contributed by atoms with Gasteiger partial charge in [0.1, 0.15) is 5.82 Å². The molecule has 4 N–H and O–H groups in total. The maximum atomic E-state index is 13.6. The zero-order valence-corrected chi connectivity index (χ0v) is 24.0. The number of carboxylic acid groups (broad SMARTS) is 1. The van der Waals surface area contributed by atoms with E-state index >= 15 is 0 Å². The quantitative estimate of drug-likeness (QED) is 0.276. The minimum absolute atomic E-state index is 0. The predicted molar refractivity (Wildman–Crippen MR) is 139 cm³/mol. The third kappa shape index (κ3) is 8.34. The van der Waals surface area contributed by atoms with E-state index < -0.39 is 30.4 Å². The molecule has 8 nitrogen and oxygen atoms in total.